The Kier molecular flexibility index (Phi) is 5.04. The zero-order valence-electron chi connectivity index (χ0n) is 13.5. The van der Waals surface area contributed by atoms with Crippen molar-refractivity contribution < 1.29 is 13.3 Å². The van der Waals surface area contributed by atoms with E-state index in [1.54, 1.807) is 44.2 Å². The molecule has 0 amide bonds. The maximum Gasteiger partial charge on any atom is 0.290 e. The molecule has 0 aliphatic rings. The van der Waals surface area contributed by atoms with Gasteiger partial charge >= 0.3 is 0 Å². The molecular formula is C17H18N2O4S. The summed E-state index contributed by atoms with van der Waals surface area (Å²) in [5, 5.41) is 11.4. The zero-order valence-corrected chi connectivity index (χ0v) is 14.3. The summed E-state index contributed by atoms with van der Waals surface area (Å²) < 4.78 is 27.3. The van der Waals surface area contributed by atoms with Crippen LogP contribution in [0.3, 0.4) is 0 Å². The lowest BCUT2D eigenvalue weighted by Crippen LogP contribution is -2.31. The number of hydrogen-bond acceptors (Lipinski definition) is 4. The smallest absolute Gasteiger partial charge is 0.262 e. The maximum atomic E-state index is 13.1. The van der Waals surface area contributed by atoms with E-state index in [1.165, 1.54) is 18.2 Å². The van der Waals surface area contributed by atoms with E-state index < -0.39 is 20.6 Å². The van der Waals surface area contributed by atoms with E-state index in [-0.39, 0.29) is 11.4 Å². The van der Waals surface area contributed by atoms with Crippen molar-refractivity contribution in [1.29, 1.82) is 0 Å². The lowest BCUT2D eigenvalue weighted by molar-refractivity contribution is -0.387. The number of anilines is 1. The zero-order chi connectivity index (χ0) is 17.9. The third-order valence-electron chi connectivity index (χ3n) is 3.68. The van der Waals surface area contributed by atoms with Crippen LogP contribution in [0.2, 0.25) is 0 Å². The molecule has 2 aromatic carbocycles. The van der Waals surface area contributed by atoms with Gasteiger partial charge in [0.25, 0.3) is 15.7 Å². The molecule has 0 aliphatic heterocycles. The lowest BCUT2D eigenvalue weighted by Gasteiger charge is -2.23. The SMILES string of the molecule is C=CCN(c1ccccc1)S(=O)(=O)c1cc(C)c(C)cc1[N+](=O)[O-]. The maximum absolute atomic E-state index is 13.1. The van der Waals surface area contributed by atoms with Crippen LogP contribution in [0, 0.1) is 24.0 Å². The van der Waals surface area contributed by atoms with Crippen molar-refractivity contribution in [2.45, 2.75) is 18.7 Å². The number of rotatable bonds is 6. The highest BCUT2D eigenvalue weighted by atomic mass is 32.2. The standard InChI is InChI=1S/C17H18N2O4S/c1-4-10-18(15-8-6-5-7-9-15)24(22,23)17-12-14(3)13(2)11-16(17)19(20)21/h4-9,11-12H,1,10H2,2-3H3. The van der Waals surface area contributed by atoms with Gasteiger partial charge in [-0.1, -0.05) is 24.3 Å². The first-order valence-corrected chi connectivity index (χ1v) is 8.67. The van der Waals surface area contributed by atoms with Crippen molar-refractivity contribution in [3.63, 3.8) is 0 Å². The highest BCUT2D eigenvalue weighted by Crippen LogP contribution is 2.32. The van der Waals surface area contributed by atoms with E-state index in [9.17, 15) is 18.5 Å². The van der Waals surface area contributed by atoms with Gasteiger partial charge in [0.05, 0.1) is 17.2 Å². The fraction of sp³-hybridized carbons (Fsp3) is 0.176. The Hall–Kier alpha value is -2.67. The summed E-state index contributed by atoms with van der Waals surface area (Å²) in [6.07, 6.45) is 1.44. The predicted octanol–water partition coefficient (Wildman–Crippen LogP) is 3.59. The fourth-order valence-corrected chi connectivity index (χ4v) is 3.96. The van der Waals surface area contributed by atoms with Crippen molar-refractivity contribution in [3.8, 4) is 0 Å². The van der Waals surface area contributed by atoms with Crippen LogP contribution in [0.5, 0.6) is 0 Å². The summed E-state index contributed by atoms with van der Waals surface area (Å²) in [6, 6.07) is 11.1. The normalized spacial score (nSPS) is 11.1. The molecule has 24 heavy (non-hydrogen) atoms. The second-order valence-corrected chi connectivity index (χ2v) is 7.15. The van der Waals surface area contributed by atoms with Crippen LogP contribution >= 0.6 is 0 Å². The second-order valence-electron chi connectivity index (χ2n) is 5.32. The molecule has 0 N–H and O–H groups in total. The Morgan fingerprint density at radius 1 is 1.17 bits per heavy atom. The van der Waals surface area contributed by atoms with Gasteiger partial charge in [-0.2, -0.15) is 0 Å². The molecule has 0 spiro atoms. The number of nitrogens with zero attached hydrogens (tertiary/aromatic N) is 2. The highest BCUT2D eigenvalue weighted by Gasteiger charge is 2.32. The molecular weight excluding hydrogens is 328 g/mol. The van der Waals surface area contributed by atoms with Crippen LogP contribution in [0.1, 0.15) is 11.1 Å². The lowest BCUT2D eigenvalue weighted by atomic mass is 10.1. The summed E-state index contributed by atoms with van der Waals surface area (Å²) >= 11 is 0. The number of nitro benzene ring substituents is 1. The molecule has 0 aliphatic carbocycles. The Labute approximate surface area is 141 Å². The van der Waals surface area contributed by atoms with E-state index >= 15 is 0 Å². The summed E-state index contributed by atoms with van der Waals surface area (Å²) in [7, 11) is -4.11. The first-order valence-electron chi connectivity index (χ1n) is 7.23. The molecule has 0 bridgehead atoms. The average molecular weight is 346 g/mol. The summed E-state index contributed by atoms with van der Waals surface area (Å²) in [5.41, 5.74) is 1.33. The van der Waals surface area contributed by atoms with Gasteiger partial charge in [0.1, 0.15) is 0 Å². The monoisotopic (exact) mass is 346 g/mol. The van der Waals surface area contributed by atoms with Gasteiger partial charge < -0.3 is 0 Å². The van der Waals surface area contributed by atoms with Crippen molar-refractivity contribution in [1.82, 2.24) is 0 Å². The van der Waals surface area contributed by atoms with E-state index in [0.717, 1.165) is 4.31 Å². The molecule has 7 heteroatoms. The van der Waals surface area contributed by atoms with Crippen molar-refractivity contribution in [2.24, 2.45) is 0 Å². The van der Waals surface area contributed by atoms with Crippen LogP contribution in [0.15, 0.2) is 60.0 Å². The molecule has 2 rings (SSSR count). The summed E-state index contributed by atoms with van der Waals surface area (Å²) in [5.74, 6) is 0. The van der Waals surface area contributed by atoms with Gasteiger partial charge in [-0.25, -0.2) is 8.42 Å². The molecule has 126 valence electrons. The van der Waals surface area contributed by atoms with E-state index in [2.05, 4.69) is 6.58 Å². The van der Waals surface area contributed by atoms with Gasteiger partial charge in [0, 0.05) is 6.07 Å². The van der Waals surface area contributed by atoms with Crippen molar-refractivity contribution in [2.75, 3.05) is 10.8 Å². The van der Waals surface area contributed by atoms with Crippen molar-refractivity contribution in [3.05, 3.63) is 76.4 Å². The van der Waals surface area contributed by atoms with Crippen LogP contribution in [0.25, 0.3) is 0 Å². The Bertz CT molecular complexity index is 877. The predicted molar refractivity (Wildman–Crippen MR) is 93.7 cm³/mol. The van der Waals surface area contributed by atoms with Gasteiger partial charge in [0.15, 0.2) is 4.90 Å². The number of benzene rings is 2. The number of para-hydroxylation sites is 1. The number of aryl methyl sites for hydroxylation is 2. The number of nitro groups is 1. The number of sulfonamides is 1. The van der Waals surface area contributed by atoms with Crippen LogP contribution in [-0.4, -0.2) is 19.9 Å². The van der Waals surface area contributed by atoms with Gasteiger partial charge in [-0.3, -0.25) is 14.4 Å². The Balaban J connectivity index is 2.70. The van der Waals surface area contributed by atoms with Crippen molar-refractivity contribution >= 4 is 21.4 Å². The van der Waals surface area contributed by atoms with Crippen LogP contribution in [-0.2, 0) is 10.0 Å². The molecule has 2 aromatic rings. The minimum Gasteiger partial charge on any atom is -0.262 e. The summed E-state index contributed by atoms with van der Waals surface area (Å²) in [4.78, 5) is 10.4. The third-order valence-corrected chi connectivity index (χ3v) is 5.50. The molecule has 0 unspecified atom stereocenters. The molecule has 0 saturated heterocycles. The molecule has 0 aromatic heterocycles. The number of hydrogen-bond donors (Lipinski definition) is 0. The summed E-state index contributed by atoms with van der Waals surface area (Å²) in [6.45, 7) is 7.02. The minimum atomic E-state index is -4.11. The molecule has 0 heterocycles. The quantitative estimate of drug-likeness (QED) is 0.455. The Morgan fingerprint density at radius 2 is 1.75 bits per heavy atom. The molecule has 0 saturated carbocycles. The van der Waals surface area contributed by atoms with Gasteiger partial charge in [-0.05, 0) is 43.2 Å². The molecule has 0 atom stereocenters. The molecule has 0 fully saturated rings. The minimum absolute atomic E-state index is 0.0103. The second kappa shape index (κ2) is 6.84. The Morgan fingerprint density at radius 3 is 2.29 bits per heavy atom. The van der Waals surface area contributed by atoms with Gasteiger partial charge in [-0.15, -0.1) is 6.58 Å². The molecule has 0 radical (unpaired) electrons. The van der Waals surface area contributed by atoms with E-state index in [0.29, 0.717) is 16.8 Å². The van der Waals surface area contributed by atoms with E-state index in [1.807, 2.05) is 0 Å². The van der Waals surface area contributed by atoms with Crippen LogP contribution < -0.4 is 4.31 Å². The van der Waals surface area contributed by atoms with E-state index in [4.69, 9.17) is 0 Å². The first-order chi connectivity index (χ1) is 11.3. The first kappa shape index (κ1) is 17.7. The fourth-order valence-electron chi connectivity index (χ4n) is 2.30. The third kappa shape index (κ3) is 3.30. The van der Waals surface area contributed by atoms with Gasteiger partial charge in [0.2, 0.25) is 0 Å². The molecule has 6 nitrogen and oxygen atoms in total. The van der Waals surface area contributed by atoms with Crippen LogP contribution in [0.4, 0.5) is 11.4 Å². The largest absolute Gasteiger partial charge is 0.290 e. The topological polar surface area (TPSA) is 80.5 Å². The highest BCUT2D eigenvalue weighted by molar-refractivity contribution is 7.93. The average Bonchev–Trinajstić information content (AvgIpc) is 2.55.